The number of rotatable bonds is 7. The van der Waals surface area contributed by atoms with Gasteiger partial charge in [-0.25, -0.2) is 0 Å². The lowest BCUT2D eigenvalue weighted by Gasteiger charge is -2.07. The molecule has 0 aliphatic carbocycles. The van der Waals surface area contributed by atoms with Crippen molar-refractivity contribution >= 4 is 0 Å². The molecule has 0 spiro atoms. The Morgan fingerprint density at radius 3 is 2.22 bits per heavy atom. The topological polar surface area (TPSA) is 21.3 Å². The Bertz CT molecular complexity index is 384. The fraction of sp³-hybridized carbons (Fsp3) is 0.250. The van der Waals surface area contributed by atoms with Gasteiger partial charge in [-0.1, -0.05) is 48.5 Å². The van der Waals surface area contributed by atoms with E-state index in [4.69, 9.17) is 4.74 Å². The van der Waals surface area contributed by atoms with Crippen LogP contribution < -0.4 is 10.1 Å². The Hall–Kier alpha value is -1.80. The summed E-state index contributed by atoms with van der Waals surface area (Å²) in [6, 6.07) is 20.4. The van der Waals surface area contributed by atoms with Crippen LogP contribution in [0.4, 0.5) is 0 Å². The maximum Gasteiger partial charge on any atom is 0.119 e. The van der Waals surface area contributed by atoms with E-state index in [9.17, 15) is 0 Å². The van der Waals surface area contributed by atoms with Gasteiger partial charge in [-0.3, -0.25) is 0 Å². The molecule has 2 nitrogen and oxygen atoms in total. The lowest BCUT2D eigenvalue weighted by Crippen LogP contribution is -2.16. The van der Waals surface area contributed by atoms with Gasteiger partial charge in [-0.2, -0.15) is 0 Å². The minimum atomic E-state index is 0.756. The Labute approximate surface area is 109 Å². The van der Waals surface area contributed by atoms with Crippen molar-refractivity contribution in [1.82, 2.24) is 5.32 Å². The molecule has 0 aromatic heterocycles. The van der Waals surface area contributed by atoms with Crippen LogP contribution in [0.2, 0.25) is 0 Å². The van der Waals surface area contributed by atoms with Crippen LogP contribution in [0.1, 0.15) is 12.0 Å². The van der Waals surface area contributed by atoms with Crippen molar-refractivity contribution in [2.75, 3.05) is 13.2 Å². The average molecular weight is 241 g/mol. The number of nitrogens with one attached hydrogen (secondary N) is 1. The normalized spacial score (nSPS) is 10.2. The largest absolute Gasteiger partial charge is 0.494 e. The maximum atomic E-state index is 5.62. The predicted molar refractivity (Wildman–Crippen MR) is 74.7 cm³/mol. The third-order valence-electron chi connectivity index (χ3n) is 2.68. The zero-order valence-electron chi connectivity index (χ0n) is 10.5. The molecule has 0 saturated heterocycles. The summed E-state index contributed by atoms with van der Waals surface area (Å²) in [4.78, 5) is 0. The summed E-state index contributed by atoms with van der Waals surface area (Å²) >= 11 is 0. The van der Waals surface area contributed by atoms with Crippen molar-refractivity contribution in [2.24, 2.45) is 0 Å². The Kier molecular flexibility index (Phi) is 5.28. The van der Waals surface area contributed by atoms with Crippen LogP contribution in [0.15, 0.2) is 60.7 Å². The van der Waals surface area contributed by atoms with Gasteiger partial charge in [0.15, 0.2) is 0 Å². The Morgan fingerprint density at radius 2 is 1.50 bits per heavy atom. The molecule has 2 aromatic rings. The minimum Gasteiger partial charge on any atom is -0.494 e. The van der Waals surface area contributed by atoms with Gasteiger partial charge >= 0.3 is 0 Å². The first kappa shape index (κ1) is 12.7. The summed E-state index contributed by atoms with van der Waals surface area (Å²) in [6.07, 6.45) is 1.02. The highest BCUT2D eigenvalue weighted by atomic mass is 16.5. The average Bonchev–Trinajstić information content (AvgIpc) is 2.45. The number of benzene rings is 2. The van der Waals surface area contributed by atoms with Gasteiger partial charge < -0.3 is 10.1 Å². The predicted octanol–water partition coefficient (Wildman–Crippen LogP) is 3.25. The molecule has 0 atom stereocenters. The van der Waals surface area contributed by atoms with Crippen LogP contribution in [-0.4, -0.2) is 13.2 Å². The van der Waals surface area contributed by atoms with Crippen molar-refractivity contribution in [1.29, 1.82) is 0 Å². The zero-order valence-corrected chi connectivity index (χ0v) is 10.5. The Balaban J connectivity index is 1.54. The monoisotopic (exact) mass is 241 g/mol. The molecule has 2 heteroatoms. The van der Waals surface area contributed by atoms with Crippen molar-refractivity contribution < 1.29 is 4.74 Å². The SMILES string of the molecule is c1ccc(CNCCCOc2ccccc2)cc1. The van der Waals surface area contributed by atoms with Crippen LogP contribution in [0.3, 0.4) is 0 Å². The maximum absolute atomic E-state index is 5.62. The van der Waals surface area contributed by atoms with Gasteiger partial charge in [0.05, 0.1) is 6.61 Å². The molecule has 2 aromatic carbocycles. The Morgan fingerprint density at radius 1 is 0.833 bits per heavy atom. The molecule has 0 aliphatic rings. The molecule has 1 N–H and O–H groups in total. The molecule has 0 aliphatic heterocycles. The quantitative estimate of drug-likeness (QED) is 0.751. The second-order valence-corrected chi connectivity index (χ2v) is 4.18. The summed E-state index contributed by atoms with van der Waals surface area (Å²) in [5.74, 6) is 0.945. The third kappa shape index (κ3) is 4.60. The second-order valence-electron chi connectivity index (χ2n) is 4.18. The smallest absolute Gasteiger partial charge is 0.119 e. The molecule has 0 heterocycles. The molecule has 0 radical (unpaired) electrons. The fourth-order valence-corrected chi connectivity index (χ4v) is 1.73. The summed E-state index contributed by atoms with van der Waals surface area (Å²) < 4.78 is 5.62. The van der Waals surface area contributed by atoms with Crippen molar-refractivity contribution in [3.05, 3.63) is 66.2 Å². The lowest BCUT2D eigenvalue weighted by atomic mass is 10.2. The van der Waals surface area contributed by atoms with Crippen LogP contribution in [0.5, 0.6) is 5.75 Å². The highest BCUT2D eigenvalue weighted by Gasteiger charge is 1.93. The first-order chi connectivity index (χ1) is 8.95. The lowest BCUT2D eigenvalue weighted by molar-refractivity contribution is 0.308. The van der Waals surface area contributed by atoms with Crippen molar-refractivity contribution in [3.63, 3.8) is 0 Å². The van der Waals surface area contributed by atoms with E-state index >= 15 is 0 Å². The number of hydrogen-bond donors (Lipinski definition) is 1. The third-order valence-corrected chi connectivity index (χ3v) is 2.68. The first-order valence-corrected chi connectivity index (χ1v) is 6.37. The van der Waals surface area contributed by atoms with Crippen molar-refractivity contribution in [2.45, 2.75) is 13.0 Å². The minimum absolute atomic E-state index is 0.756. The van der Waals surface area contributed by atoms with Crippen LogP contribution in [0, 0.1) is 0 Å². The van der Waals surface area contributed by atoms with Gasteiger partial charge in [0.25, 0.3) is 0 Å². The number of ether oxygens (including phenoxy) is 1. The summed E-state index contributed by atoms with van der Waals surface area (Å²) in [7, 11) is 0. The summed E-state index contributed by atoms with van der Waals surface area (Å²) in [6.45, 7) is 2.65. The first-order valence-electron chi connectivity index (χ1n) is 6.37. The van der Waals surface area contributed by atoms with E-state index in [0.29, 0.717) is 0 Å². The highest BCUT2D eigenvalue weighted by molar-refractivity contribution is 5.20. The highest BCUT2D eigenvalue weighted by Crippen LogP contribution is 2.08. The van der Waals surface area contributed by atoms with Crippen molar-refractivity contribution in [3.8, 4) is 5.75 Å². The molecule has 0 saturated carbocycles. The number of hydrogen-bond acceptors (Lipinski definition) is 2. The van der Waals surface area contributed by atoms with Gasteiger partial charge in [0, 0.05) is 6.54 Å². The van der Waals surface area contributed by atoms with E-state index in [1.807, 2.05) is 36.4 Å². The summed E-state index contributed by atoms with van der Waals surface area (Å²) in [5.41, 5.74) is 1.32. The molecule has 0 bridgehead atoms. The molecule has 0 amide bonds. The van der Waals surface area contributed by atoms with Gasteiger partial charge in [0.2, 0.25) is 0 Å². The van der Waals surface area contributed by atoms with Gasteiger partial charge in [-0.15, -0.1) is 0 Å². The molecule has 94 valence electrons. The van der Waals surface area contributed by atoms with E-state index in [1.165, 1.54) is 5.56 Å². The molecule has 18 heavy (non-hydrogen) atoms. The standard InChI is InChI=1S/C16H19NO/c1-3-8-15(9-4-1)14-17-12-7-13-18-16-10-5-2-6-11-16/h1-6,8-11,17H,7,12-14H2. The molecule has 0 fully saturated rings. The zero-order chi connectivity index (χ0) is 12.5. The van der Waals surface area contributed by atoms with E-state index < -0.39 is 0 Å². The van der Waals surface area contributed by atoms with Crippen LogP contribution in [0.25, 0.3) is 0 Å². The molecule has 0 unspecified atom stereocenters. The molecular weight excluding hydrogens is 222 g/mol. The fourth-order valence-electron chi connectivity index (χ4n) is 1.73. The second kappa shape index (κ2) is 7.51. The van der Waals surface area contributed by atoms with Gasteiger partial charge in [-0.05, 0) is 30.7 Å². The van der Waals surface area contributed by atoms with E-state index in [2.05, 4.69) is 29.6 Å². The van der Waals surface area contributed by atoms with Crippen LogP contribution >= 0.6 is 0 Å². The molecule has 2 rings (SSSR count). The van der Waals surface area contributed by atoms with Crippen LogP contribution in [-0.2, 0) is 6.54 Å². The van der Waals surface area contributed by atoms with E-state index in [0.717, 1.165) is 31.9 Å². The molecular formula is C16H19NO. The van der Waals surface area contributed by atoms with Gasteiger partial charge in [0.1, 0.15) is 5.75 Å². The van der Waals surface area contributed by atoms with E-state index in [1.54, 1.807) is 0 Å². The number of para-hydroxylation sites is 1. The van der Waals surface area contributed by atoms with E-state index in [-0.39, 0.29) is 0 Å². The summed E-state index contributed by atoms with van der Waals surface area (Å²) in [5, 5.41) is 3.41.